The van der Waals surface area contributed by atoms with Crippen LogP contribution in [0.3, 0.4) is 0 Å². The summed E-state index contributed by atoms with van der Waals surface area (Å²) in [5.41, 5.74) is 7.88. The van der Waals surface area contributed by atoms with Gasteiger partial charge in [-0.2, -0.15) is 0 Å². The van der Waals surface area contributed by atoms with Crippen molar-refractivity contribution in [1.82, 2.24) is 4.90 Å². The number of halogens is 3. The molecule has 2 bridgehead atoms. The molecule has 7 rings (SSSR count). The van der Waals surface area contributed by atoms with E-state index >= 15 is 0 Å². The molecule has 1 heterocycles. The van der Waals surface area contributed by atoms with Gasteiger partial charge in [-0.1, -0.05) is 66.7 Å². The van der Waals surface area contributed by atoms with E-state index in [0.717, 1.165) is 4.90 Å². The van der Waals surface area contributed by atoms with Crippen LogP contribution in [0.25, 0.3) is 0 Å². The van der Waals surface area contributed by atoms with Gasteiger partial charge in [-0.15, -0.1) is 23.2 Å². The van der Waals surface area contributed by atoms with E-state index in [2.05, 4.69) is 0 Å². The molecule has 7 nitrogen and oxygen atoms in total. The number of alkyl halides is 2. The number of hydrogen-bond acceptors (Lipinski definition) is 5. The topological polar surface area (TPSA) is 107 Å². The highest BCUT2D eigenvalue weighted by molar-refractivity contribution is 6.36. The number of nitrogens with two attached hydrogens (primary N) is 1. The molecule has 3 aliphatic carbocycles. The van der Waals surface area contributed by atoms with Crippen molar-refractivity contribution in [2.24, 2.45) is 17.6 Å². The minimum Gasteiger partial charge on any atom is -0.459 e. The van der Waals surface area contributed by atoms with Crippen LogP contribution in [0.4, 0.5) is 4.39 Å². The predicted molar refractivity (Wildman–Crippen MR) is 139 cm³/mol. The number of primary amides is 1. The zero-order valence-corrected chi connectivity index (χ0v) is 21.8. The standard InChI is InChI=1S/C29H21Cl2FN2O5/c30-28-16-8-2-3-9-17(16)29(31,19-11-5-4-10-18(19)28)24-23(28)25(36)34(26(24)37)21(13-22(33)35)27(38)39-14-15-7-1-6-12-20(15)32/h1-12,21,23-24H,13-14H2,(H2,33,35)/t21-,23+,24+,28?,29?/m1/s1. The molecule has 2 N–H and O–H groups in total. The van der Waals surface area contributed by atoms with Crippen molar-refractivity contribution in [2.75, 3.05) is 0 Å². The van der Waals surface area contributed by atoms with E-state index in [9.17, 15) is 23.6 Å². The zero-order chi connectivity index (χ0) is 27.7. The van der Waals surface area contributed by atoms with E-state index in [1.165, 1.54) is 18.2 Å². The van der Waals surface area contributed by atoms with Crippen molar-refractivity contribution < 1.29 is 28.3 Å². The monoisotopic (exact) mass is 566 g/mol. The summed E-state index contributed by atoms with van der Waals surface area (Å²) in [4.78, 5) is 51.3. The second-order valence-electron chi connectivity index (χ2n) is 9.90. The zero-order valence-electron chi connectivity index (χ0n) is 20.3. The van der Waals surface area contributed by atoms with Gasteiger partial charge in [-0.05, 0) is 28.3 Å². The first-order chi connectivity index (χ1) is 18.6. The van der Waals surface area contributed by atoms with Gasteiger partial charge >= 0.3 is 5.97 Å². The summed E-state index contributed by atoms with van der Waals surface area (Å²) >= 11 is 14.8. The molecule has 0 aromatic heterocycles. The highest BCUT2D eigenvalue weighted by Crippen LogP contribution is 2.69. The van der Waals surface area contributed by atoms with Gasteiger partial charge in [-0.25, -0.2) is 9.18 Å². The first kappa shape index (κ1) is 25.5. The number of likely N-dealkylation sites (tertiary alicyclic amines) is 1. The first-order valence-electron chi connectivity index (χ1n) is 12.2. The van der Waals surface area contributed by atoms with Gasteiger partial charge in [0.25, 0.3) is 0 Å². The molecular formula is C29H21Cl2FN2O5. The molecule has 0 saturated carbocycles. The van der Waals surface area contributed by atoms with Crippen LogP contribution in [0, 0.1) is 17.7 Å². The van der Waals surface area contributed by atoms with Crippen LogP contribution >= 0.6 is 23.2 Å². The quantitative estimate of drug-likeness (QED) is 0.278. The largest absolute Gasteiger partial charge is 0.459 e. The normalized spacial score (nSPS) is 27.0. The van der Waals surface area contributed by atoms with Gasteiger partial charge in [0.15, 0.2) is 0 Å². The van der Waals surface area contributed by atoms with Crippen molar-refractivity contribution >= 4 is 46.9 Å². The van der Waals surface area contributed by atoms with E-state index in [0.29, 0.717) is 22.3 Å². The number of imide groups is 1. The van der Waals surface area contributed by atoms with Gasteiger partial charge < -0.3 is 10.5 Å². The second-order valence-corrected chi connectivity index (χ2v) is 11.1. The Balaban J connectivity index is 1.44. The Kier molecular flexibility index (Phi) is 5.82. The average molecular weight is 567 g/mol. The minimum absolute atomic E-state index is 0.0831. The SMILES string of the molecule is NC(=O)C[C@H](C(=O)OCc1ccccc1F)N1C(=O)[C@@H]2[C@@H](C1=O)C1(Cl)c3ccccc3C2(Cl)c2ccccc21. The molecular weight excluding hydrogens is 546 g/mol. The smallest absolute Gasteiger partial charge is 0.330 e. The van der Waals surface area contributed by atoms with Crippen molar-refractivity contribution in [3.05, 3.63) is 106 Å². The summed E-state index contributed by atoms with van der Waals surface area (Å²) in [6.07, 6.45) is -0.683. The summed E-state index contributed by atoms with van der Waals surface area (Å²) < 4.78 is 19.4. The Bertz CT molecular complexity index is 1450. The Morgan fingerprint density at radius 1 is 0.846 bits per heavy atom. The van der Waals surface area contributed by atoms with Gasteiger partial charge in [0, 0.05) is 5.56 Å². The molecule has 0 spiro atoms. The Labute approximate surface area is 232 Å². The molecule has 3 aromatic rings. The molecule has 39 heavy (non-hydrogen) atoms. The van der Waals surface area contributed by atoms with Crippen molar-refractivity contribution in [3.63, 3.8) is 0 Å². The summed E-state index contributed by atoms with van der Waals surface area (Å²) in [7, 11) is 0. The first-order valence-corrected chi connectivity index (χ1v) is 13.0. The number of nitrogens with zero attached hydrogens (tertiary/aromatic N) is 1. The summed E-state index contributed by atoms with van der Waals surface area (Å²) in [5, 5.41) is 0. The summed E-state index contributed by atoms with van der Waals surface area (Å²) in [6.45, 7) is -0.473. The fourth-order valence-electron chi connectivity index (χ4n) is 6.33. The molecule has 1 saturated heterocycles. The van der Waals surface area contributed by atoms with Gasteiger partial charge in [0.1, 0.15) is 28.2 Å². The fourth-order valence-corrected chi connectivity index (χ4v) is 7.42. The van der Waals surface area contributed by atoms with Gasteiger partial charge in [-0.3, -0.25) is 19.3 Å². The maximum atomic E-state index is 14.1. The van der Waals surface area contributed by atoms with Crippen LogP contribution < -0.4 is 5.73 Å². The second kappa shape index (κ2) is 8.89. The Morgan fingerprint density at radius 2 is 1.28 bits per heavy atom. The number of carbonyl (C=O) groups is 4. The number of carbonyl (C=O) groups excluding carboxylic acids is 4. The van der Waals surface area contributed by atoms with Crippen molar-refractivity contribution in [3.8, 4) is 0 Å². The molecule has 1 aliphatic heterocycles. The minimum atomic E-state index is -1.67. The van der Waals surface area contributed by atoms with Crippen molar-refractivity contribution in [1.29, 1.82) is 0 Å². The number of esters is 1. The number of hydrogen-bond donors (Lipinski definition) is 1. The lowest BCUT2D eigenvalue weighted by molar-refractivity contribution is -0.161. The molecule has 0 unspecified atom stereocenters. The maximum absolute atomic E-state index is 14.1. The van der Waals surface area contributed by atoms with E-state index < -0.39 is 70.2 Å². The highest BCUT2D eigenvalue weighted by Gasteiger charge is 2.73. The van der Waals surface area contributed by atoms with Crippen LogP contribution in [0.5, 0.6) is 0 Å². The van der Waals surface area contributed by atoms with E-state index in [1.807, 2.05) is 0 Å². The third-order valence-corrected chi connectivity index (χ3v) is 9.21. The number of benzene rings is 3. The molecule has 3 amide bonds. The predicted octanol–water partition coefficient (Wildman–Crippen LogP) is 3.71. The molecule has 1 fully saturated rings. The lowest BCUT2D eigenvalue weighted by Gasteiger charge is -2.54. The third kappa shape index (κ3) is 3.41. The van der Waals surface area contributed by atoms with Crippen molar-refractivity contribution in [2.45, 2.75) is 28.8 Å². The molecule has 0 radical (unpaired) electrons. The summed E-state index contributed by atoms with van der Waals surface area (Å²) in [6, 6.07) is 18.2. The average Bonchev–Trinajstić information content (AvgIpc) is 3.20. The van der Waals surface area contributed by atoms with E-state index in [-0.39, 0.29) is 5.56 Å². The highest BCUT2D eigenvalue weighted by atomic mass is 35.5. The lowest BCUT2D eigenvalue weighted by Crippen LogP contribution is -2.57. The number of rotatable bonds is 6. The van der Waals surface area contributed by atoms with Crippen LogP contribution in [-0.2, 0) is 40.3 Å². The molecule has 198 valence electrons. The fraction of sp³-hybridized carbons (Fsp3) is 0.241. The number of ether oxygens (including phenoxy) is 1. The van der Waals surface area contributed by atoms with Crippen LogP contribution in [0.2, 0.25) is 0 Å². The number of amides is 3. The van der Waals surface area contributed by atoms with E-state index in [1.54, 1.807) is 54.6 Å². The van der Waals surface area contributed by atoms with Gasteiger partial charge in [0.2, 0.25) is 17.7 Å². The molecule has 3 atom stereocenters. The summed E-state index contributed by atoms with van der Waals surface area (Å²) in [5.74, 6) is -6.46. The Hall–Kier alpha value is -3.75. The van der Waals surface area contributed by atoms with Crippen LogP contribution in [-0.4, -0.2) is 34.6 Å². The van der Waals surface area contributed by atoms with Crippen LogP contribution in [0.1, 0.15) is 34.2 Å². The Morgan fingerprint density at radius 3 is 1.72 bits per heavy atom. The lowest BCUT2D eigenvalue weighted by atomic mass is 9.54. The molecule has 4 aliphatic rings. The molecule has 10 heteroatoms. The third-order valence-electron chi connectivity index (χ3n) is 7.93. The van der Waals surface area contributed by atoms with Crippen LogP contribution in [0.15, 0.2) is 72.8 Å². The maximum Gasteiger partial charge on any atom is 0.330 e. The van der Waals surface area contributed by atoms with Gasteiger partial charge in [0.05, 0.1) is 18.3 Å². The molecule has 3 aromatic carbocycles. The van der Waals surface area contributed by atoms with E-state index in [4.69, 9.17) is 33.7 Å².